The molecule has 0 aliphatic heterocycles. The van der Waals surface area contributed by atoms with Gasteiger partial charge in [0, 0.05) is 13.0 Å². The topological polar surface area (TPSA) is 135 Å². The summed E-state index contributed by atoms with van der Waals surface area (Å²) in [7, 11) is 0. The number of amides is 1. The average Bonchev–Trinajstić information content (AvgIpc) is 2.51. The van der Waals surface area contributed by atoms with Crippen LogP contribution in [0.25, 0.3) is 0 Å². The second-order valence-electron chi connectivity index (χ2n) is 5.30. The molecule has 0 saturated carbocycles. The van der Waals surface area contributed by atoms with Gasteiger partial charge in [0.05, 0.1) is 18.5 Å². The minimum Gasteiger partial charge on any atom is -0.549 e. The van der Waals surface area contributed by atoms with Crippen molar-refractivity contribution < 1.29 is 83.7 Å². The Bertz CT molecular complexity index is 332. The van der Waals surface area contributed by atoms with Gasteiger partial charge in [-0.2, -0.15) is 0 Å². The standard InChI is InChI=1S/C14H27NO3.C2H5NO2.2Na/c1-2-3-4-5-6-7-8-9-10-11-13(16)15-12-14(17)18;3-1-2(4)5;;/h2-12H2,1H3,(H,15,16)(H,17,18);1,3H2,(H,4,5);;/q;;2*+1/p-2. The second kappa shape index (κ2) is 26.6. The monoisotopic (exact) mass is 376 g/mol. The molecule has 0 rings (SSSR count). The molecule has 0 fully saturated rings. The van der Waals surface area contributed by atoms with E-state index in [0.717, 1.165) is 12.8 Å². The number of carbonyl (C=O) groups excluding carboxylic acids is 3. The van der Waals surface area contributed by atoms with Crippen LogP contribution in [0.5, 0.6) is 0 Å². The van der Waals surface area contributed by atoms with E-state index in [4.69, 9.17) is 9.90 Å². The summed E-state index contributed by atoms with van der Waals surface area (Å²) in [4.78, 5) is 30.4. The molecule has 7 nitrogen and oxygen atoms in total. The third-order valence-electron chi connectivity index (χ3n) is 3.10. The van der Waals surface area contributed by atoms with Crippen LogP contribution in [0.3, 0.4) is 0 Å². The summed E-state index contributed by atoms with van der Waals surface area (Å²) in [5.41, 5.74) is 4.51. The summed E-state index contributed by atoms with van der Waals surface area (Å²) in [6.07, 6.45) is 11.3. The number of carbonyl (C=O) groups is 3. The Morgan fingerprint density at radius 3 is 1.56 bits per heavy atom. The molecule has 0 aliphatic rings. The number of rotatable bonds is 13. The predicted octanol–water partition coefficient (Wildman–Crippen LogP) is -6.52. The fraction of sp³-hybridized carbons (Fsp3) is 0.812. The van der Waals surface area contributed by atoms with Crippen LogP contribution >= 0.6 is 0 Å². The number of nitrogens with two attached hydrogens (primary N) is 1. The van der Waals surface area contributed by atoms with E-state index in [-0.39, 0.29) is 78.1 Å². The van der Waals surface area contributed by atoms with Crippen LogP contribution in [-0.4, -0.2) is 30.9 Å². The Labute approximate surface area is 195 Å². The van der Waals surface area contributed by atoms with E-state index in [2.05, 4.69) is 18.0 Å². The summed E-state index contributed by atoms with van der Waals surface area (Å²) in [6, 6.07) is 0. The largest absolute Gasteiger partial charge is 1.00 e. The summed E-state index contributed by atoms with van der Waals surface area (Å²) in [6.45, 7) is 1.45. The average molecular weight is 376 g/mol. The zero-order valence-electron chi connectivity index (χ0n) is 16.1. The summed E-state index contributed by atoms with van der Waals surface area (Å²) in [5.74, 6) is -2.65. The Hall–Kier alpha value is 0.370. The third-order valence-corrected chi connectivity index (χ3v) is 3.10. The van der Waals surface area contributed by atoms with E-state index in [0.29, 0.717) is 6.42 Å². The van der Waals surface area contributed by atoms with Gasteiger partial charge in [-0.25, -0.2) is 0 Å². The van der Waals surface area contributed by atoms with E-state index in [1.54, 1.807) is 0 Å². The van der Waals surface area contributed by atoms with Crippen LogP contribution in [0.15, 0.2) is 0 Å². The third kappa shape index (κ3) is 36.1. The number of unbranched alkanes of at least 4 members (excludes halogenated alkanes) is 8. The SMILES string of the molecule is CCCCCCCCCCCC(=O)NCC(=O)[O-].NCC(=O)[O-].[Na+].[Na+]. The van der Waals surface area contributed by atoms with Crippen LogP contribution in [0.1, 0.15) is 71.1 Å². The Morgan fingerprint density at radius 1 is 0.800 bits per heavy atom. The number of carboxylic acids is 2. The smallest absolute Gasteiger partial charge is 0.549 e. The zero-order valence-corrected chi connectivity index (χ0v) is 20.1. The van der Waals surface area contributed by atoms with Crippen molar-refractivity contribution in [1.29, 1.82) is 0 Å². The maximum Gasteiger partial charge on any atom is 1.00 e. The molecule has 0 unspecified atom stereocenters. The van der Waals surface area contributed by atoms with Crippen molar-refractivity contribution in [3.63, 3.8) is 0 Å². The minimum absolute atomic E-state index is 0. The van der Waals surface area contributed by atoms with Crippen molar-refractivity contribution in [2.24, 2.45) is 5.73 Å². The Morgan fingerprint density at radius 2 is 1.20 bits per heavy atom. The molecule has 1 amide bonds. The molecule has 0 aromatic carbocycles. The molecule has 0 aliphatic carbocycles. The van der Waals surface area contributed by atoms with Gasteiger partial charge >= 0.3 is 59.1 Å². The maximum atomic E-state index is 11.2. The molecular formula is C16H30N2Na2O5. The fourth-order valence-electron chi connectivity index (χ4n) is 1.86. The minimum atomic E-state index is -1.24. The number of aliphatic carboxylic acids is 2. The number of hydrogen-bond donors (Lipinski definition) is 2. The first-order valence-electron chi connectivity index (χ1n) is 8.30. The molecule has 0 aromatic heterocycles. The molecule has 136 valence electrons. The molecule has 0 heterocycles. The predicted molar refractivity (Wildman–Crippen MR) is 83.9 cm³/mol. The van der Waals surface area contributed by atoms with Gasteiger partial charge in [-0.1, -0.05) is 58.3 Å². The molecule has 0 spiro atoms. The molecule has 3 N–H and O–H groups in total. The maximum absolute atomic E-state index is 11.2. The van der Waals surface area contributed by atoms with Gasteiger partial charge in [-0.15, -0.1) is 0 Å². The van der Waals surface area contributed by atoms with Gasteiger partial charge in [0.25, 0.3) is 0 Å². The van der Waals surface area contributed by atoms with Crippen LogP contribution in [0.2, 0.25) is 0 Å². The van der Waals surface area contributed by atoms with Gasteiger partial charge < -0.3 is 30.9 Å². The Balaban J connectivity index is -0.000000276. The van der Waals surface area contributed by atoms with Gasteiger partial charge in [0.1, 0.15) is 0 Å². The van der Waals surface area contributed by atoms with Gasteiger partial charge in [0.15, 0.2) is 0 Å². The molecule has 0 bridgehead atoms. The molecular weight excluding hydrogens is 346 g/mol. The molecule has 0 atom stereocenters. The van der Waals surface area contributed by atoms with Gasteiger partial charge in [-0.05, 0) is 6.42 Å². The van der Waals surface area contributed by atoms with Crippen LogP contribution in [0.4, 0.5) is 0 Å². The van der Waals surface area contributed by atoms with Crippen LogP contribution in [-0.2, 0) is 14.4 Å². The number of nitrogens with one attached hydrogen (secondary N) is 1. The van der Waals surface area contributed by atoms with Crippen molar-refractivity contribution >= 4 is 17.8 Å². The van der Waals surface area contributed by atoms with Crippen molar-refractivity contribution in [2.45, 2.75) is 71.1 Å². The Kier molecular flexibility index (Phi) is 35.1. The quantitative estimate of drug-likeness (QED) is 0.242. The van der Waals surface area contributed by atoms with Crippen molar-refractivity contribution in [1.82, 2.24) is 5.32 Å². The molecule has 25 heavy (non-hydrogen) atoms. The normalized spacial score (nSPS) is 8.88. The van der Waals surface area contributed by atoms with E-state index in [9.17, 15) is 14.7 Å². The molecule has 0 radical (unpaired) electrons. The van der Waals surface area contributed by atoms with Crippen molar-refractivity contribution in [3.05, 3.63) is 0 Å². The molecule has 9 heteroatoms. The first kappa shape index (κ1) is 33.0. The van der Waals surface area contributed by atoms with Gasteiger partial charge in [0.2, 0.25) is 5.91 Å². The first-order chi connectivity index (χ1) is 10.9. The molecule has 0 aromatic rings. The number of carboxylic acid groups (broad SMARTS) is 2. The van der Waals surface area contributed by atoms with E-state index >= 15 is 0 Å². The summed E-state index contributed by atoms with van der Waals surface area (Å²) >= 11 is 0. The zero-order chi connectivity index (χ0) is 17.9. The van der Waals surface area contributed by atoms with E-state index in [1.807, 2.05) is 0 Å². The fourth-order valence-corrected chi connectivity index (χ4v) is 1.86. The summed E-state index contributed by atoms with van der Waals surface area (Å²) in [5, 5.41) is 21.5. The van der Waals surface area contributed by atoms with E-state index in [1.165, 1.54) is 44.9 Å². The number of hydrogen-bond acceptors (Lipinski definition) is 6. The summed E-state index contributed by atoms with van der Waals surface area (Å²) < 4.78 is 0. The van der Waals surface area contributed by atoms with Crippen molar-refractivity contribution in [2.75, 3.05) is 13.1 Å². The van der Waals surface area contributed by atoms with Crippen LogP contribution in [0, 0.1) is 0 Å². The van der Waals surface area contributed by atoms with E-state index < -0.39 is 11.9 Å². The van der Waals surface area contributed by atoms with Gasteiger partial charge in [-0.3, -0.25) is 4.79 Å². The second-order valence-corrected chi connectivity index (χ2v) is 5.30. The van der Waals surface area contributed by atoms with Crippen molar-refractivity contribution in [3.8, 4) is 0 Å². The van der Waals surface area contributed by atoms with Crippen LogP contribution < -0.4 is 80.4 Å². The first-order valence-corrected chi connectivity index (χ1v) is 8.30. The molecule has 0 saturated heterocycles.